The summed E-state index contributed by atoms with van der Waals surface area (Å²) in [5, 5.41) is 3.69. The Labute approximate surface area is 83.3 Å². The van der Waals surface area contributed by atoms with Gasteiger partial charge in [-0.25, -0.2) is 0 Å². The van der Waals surface area contributed by atoms with Crippen molar-refractivity contribution in [3.8, 4) is 0 Å². The Kier molecular flexibility index (Phi) is 3.78. The lowest BCUT2D eigenvalue weighted by atomic mass is 9.76. The molecule has 1 rings (SSSR count). The molecule has 0 unspecified atom stereocenters. The summed E-state index contributed by atoms with van der Waals surface area (Å²) < 4.78 is 0. The zero-order valence-electron chi connectivity index (χ0n) is 9.69. The monoisotopic (exact) mass is 183 g/mol. The van der Waals surface area contributed by atoms with E-state index in [0.29, 0.717) is 11.6 Å². The van der Waals surface area contributed by atoms with Crippen LogP contribution in [-0.4, -0.2) is 11.6 Å². The minimum absolute atomic E-state index is 0.342. The van der Waals surface area contributed by atoms with E-state index >= 15 is 0 Å². The van der Waals surface area contributed by atoms with Crippen LogP contribution >= 0.6 is 0 Å². The minimum Gasteiger partial charge on any atom is -0.309 e. The Morgan fingerprint density at radius 3 is 2.08 bits per heavy atom. The van der Waals surface area contributed by atoms with Crippen LogP contribution in [0.4, 0.5) is 0 Å². The van der Waals surface area contributed by atoms with Crippen molar-refractivity contribution in [1.82, 2.24) is 5.32 Å². The predicted octanol–water partition coefficient (Wildman–Crippen LogP) is 3.34. The van der Waals surface area contributed by atoms with Crippen LogP contribution in [-0.2, 0) is 0 Å². The molecule has 1 heteroatoms. The smallest absolute Gasteiger partial charge is 0.0155 e. The first-order valence-electron chi connectivity index (χ1n) is 5.80. The van der Waals surface area contributed by atoms with Gasteiger partial charge >= 0.3 is 0 Å². The Balaban J connectivity index is 2.45. The Bertz CT molecular complexity index is 143. The summed E-state index contributed by atoms with van der Waals surface area (Å²) in [4.78, 5) is 0. The molecule has 1 aliphatic carbocycles. The van der Waals surface area contributed by atoms with Gasteiger partial charge in [0.25, 0.3) is 0 Å². The van der Waals surface area contributed by atoms with Crippen LogP contribution in [0, 0.1) is 5.92 Å². The average Bonchev–Trinajstić information content (AvgIpc) is 2.04. The molecule has 1 fully saturated rings. The topological polar surface area (TPSA) is 12.0 Å². The Morgan fingerprint density at radius 2 is 1.62 bits per heavy atom. The molecule has 0 aromatic carbocycles. The lowest BCUT2D eigenvalue weighted by Gasteiger charge is -2.39. The predicted molar refractivity (Wildman–Crippen MR) is 58.9 cm³/mol. The van der Waals surface area contributed by atoms with Crippen LogP contribution < -0.4 is 5.32 Å². The molecule has 1 saturated carbocycles. The van der Waals surface area contributed by atoms with Crippen LogP contribution in [0.3, 0.4) is 0 Å². The molecule has 0 saturated heterocycles. The molecule has 1 aliphatic rings. The van der Waals surface area contributed by atoms with Crippen molar-refractivity contribution in [1.29, 1.82) is 0 Å². The summed E-state index contributed by atoms with van der Waals surface area (Å²) in [6, 6.07) is 0.608. The summed E-state index contributed by atoms with van der Waals surface area (Å²) >= 11 is 0. The first-order chi connectivity index (χ1) is 6.02. The standard InChI is InChI=1S/C12H25N/c1-10(2)13-12(3,4)11-8-6-5-7-9-11/h10-11,13H,5-9H2,1-4H3. The molecule has 0 aromatic heterocycles. The highest BCUT2D eigenvalue weighted by molar-refractivity contribution is 4.88. The lowest BCUT2D eigenvalue weighted by Crippen LogP contribution is -2.49. The molecule has 1 N–H and O–H groups in total. The number of hydrogen-bond donors (Lipinski definition) is 1. The van der Waals surface area contributed by atoms with Crippen molar-refractivity contribution in [2.75, 3.05) is 0 Å². The lowest BCUT2D eigenvalue weighted by molar-refractivity contribution is 0.183. The highest BCUT2D eigenvalue weighted by Crippen LogP contribution is 2.32. The Hall–Kier alpha value is -0.0400. The second-order valence-electron chi connectivity index (χ2n) is 5.36. The minimum atomic E-state index is 0.342. The number of nitrogens with one attached hydrogen (secondary N) is 1. The van der Waals surface area contributed by atoms with Gasteiger partial charge in [0.1, 0.15) is 0 Å². The van der Waals surface area contributed by atoms with Gasteiger partial charge in [-0.3, -0.25) is 0 Å². The summed E-state index contributed by atoms with van der Waals surface area (Å²) in [6.07, 6.45) is 7.18. The van der Waals surface area contributed by atoms with Crippen molar-refractivity contribution >= 4 is 0 Å². The summed E-state index contributed by atoms with van der Waals surface area (Å²) in [7, 11) is 0. The van der Waals surface area contributed by atoms with E-state index in [-0.39, 0.29) is 0 Å². The first-order valence-corrected chi connectivity index (χ1v) is 5.80. The third-order valence-electron chi connectivity index (χ3n) is 3.29. The van der Waals surface area contributed by atoms with Crippen molar-refractivity contribution in [3.05, 3.63) is 0 Å². The normalized spacial score (nSPS) is 21.0. The van der Waals surface area contributed by atoms with Crippen molar-refractivity contribution in [2.45, 2.75) is 71.4 Å². The molecule has 0 heterocycles. The molecule has 0 radical (unpaired) electrons. The van der Waals surface area contributed by atoms with E-state index in [9.17, 15) is 0 Å². The van der Waals surface area contributed by atoms with E-state index in [0.717, 1.165) is 5.92 Å². The van der Waals surface area contributed by atoms with E-state index < -0.39 is 0 Å². The average molecular weight is 183 g/mol. The summed E-state index contributed by atoms with van der Waals surface area (Å²) in [5.74, 6) is 0.892. The van der Waals surface area contributed by atoms with Gasteiger partial charge in [0.05, 0.1) is 0 Å². The molecule has 0 amide bonds. The van der Waals surface area contributed by atoms with Gasteiger partial charge in [-0.1, -0.05) is 33.1 Å². The molecule has 1 nitrogen and oxygen atoms in total. The van der Waals surface area contributed by atoms with Crippen LogP contribution in [0.1, 0.15) is 59.8 Å². The maximum Gasteiger partial charge on any atom is 0.0155 e. The van der Waals surface area contributed by atoms with Crippen molar-refractivity contribution in [3.63, 3.8) is 0 Å². The SMILES string of the molecule is CC(C)NC(C)(C)C1CCCCC1. The van der Waals surface area contributed by atoms with Crippen molar-refractivity contribution in [2.24, 2.45) is 5.92 Å². The van der Waals surface area contributed by atoms with Gasteiger partial charge in [0.2, 0.25) is 0 Å². The van der Waals surface area contributed by atoms with Gasteiger partial charge in [-0.15, -0.1) is 0 Å². The zero-order valence-corrected chi connectivity index (χ0v) is 9.69. The second-order valence-corrected chi connectivity index (χ2v) is 5.36. The fourth-order valence-corrected chi connectivity index (χ4v) is 2.69. The van der Waals surface area contributed by atoms with Gasteiger partial charge < -0.3 is 5.32 Å². The van der Waals surface area contributed by atoms with E-state index in [1.807, 2.05) is 0 Å². The van der Waals surface area contributed by atoms with Gasteiger partial charge in [-0.2, -0.15) is 0 Å². The molecule has 78 valence electrons. The summed E-state index contributed by atoms with van der Waals surface area (Å²) in [5.41, 5.74) is 0.342. The summed E-state index contributed by atoms with van der Waals surface area (Å²) in [6.45, 7) is 9.21. The molecule has 0 aliphatic heterocycles. The highest BCUT2D eigenvalue weighted by Gasteiger charge is 2.30. The van der Waals surface area contributed by atoms with Crippen LogP contribution in [0.2, 0.25) is 0 Å². The van der Waals surface area contributed by atoms with Gasteiger partial charge in [0.15, 0.2) is 0 Å². The van der Waals surface area contributed by atoms with Crippen LogP contribution in [0.25, 0.3) is 0 Å². The van der Waals surface area contributed by atoms with Gasteiger partial charge in [-0.05, 0) is 32.6 Å². The zero-order chi connectivity index (χ0) is 9.90. The molecular formula is C12H25N. The third kappa shape index (κ3) is 3.30. The van der Waals surface area contributed by atoms with Gasteiger partial charge in [0, 0.05) is 11.6 Å². The second kappa shape index (κ2) is 4.45. The molecule has 13 heavy (non-hydrogen) atoms. The third-order valence-corrected chi connectivity index (χ3v) is 3.29. The quantitative estimate of drug-likeness (QED) is 0.707. The van der Waals surface area contributed by atoms with E-state index in [1.165, 1.54) is 32.1 Å². The largest absolute Gasteiger partial charge is 0.309 e. The molecule has 0 spiro atoms. The van der Waals surface area contributed by atoms with Crippen LogP contribution in [0.5, 0.6) is 0 Å². The van der Waals surface area contributed by atoms with E-state index in [4.69, 9.17) is 0 Å². The molecular weight excluding hydrogens is 158 g/mol. The Morgan fingerprint density at radius 1 is 1.08 bits per heavy atom. The number of rotatable bonds is 3. The maximum absolute atomic E-state index is 3.69. The van der Waals surface area contributed by atoms with E-state index in [1.54, 1.807) is 0 Å². The van der Waals surface area contributed by atoms with Crippen LogP contribution in [0.15, 0.2) is 0 Å². The fraction of sp³-hybridized carbons (Fsp3) is 1.00. The number of hydrogen-bond acceptors (Lipinski definition) is 1. The fourth-order valence-electron chi connectivity index (χ4n) is 2.69. The molecule has 0 atom stereocenters. The molecule has 0 bridgehead atoms. The maximum atomic E-state index is 3.69. The first kappa shape index (κ1) is 11.0. The van der Waals surface area contributed by atoms with E-state index in [2.05, 4.69) is 33.0 Å². The highest BCUT2D eigenvalue weighted by atomic mass is 15.0. The molecule has 0 aromatic rings. The van der Waals surface area contributed by atoms with Crippen molar-refractivity contribution < 1.29 is 0 Å².